The van der Waals surface area contributed by atoms with Gasteiger partial charge in [0.05, 0.1) is 9.82 Å². The molecule has 2 aromatic carbocycles. The fourth-order valence-corrected chi connectivity index (χ4v) is 5.25. The second kappa shape index (κ2) is 6.50. The van der Waals surface area contributed by atoms with Crippen molar-refractivity contribution in [1.29, 1.82) is 0 Å². The minimum Gasteiger partial charge on any atom is -0.454 e. The Hall–Kier alpha value is -2.65. The average Bonchev–Trinajstić information content (AvgIpc) is 3.30. The maximum absolute atomic E-state index is 13.1. The molecule has 9 heteroatoms. The van der Waals surface area contributed by atoms with Gasteiger partial charge in [0.15, 0.2) is 11.5 Å². The van der Waals surface area contributed by atoms with E-state index in [1.807, 2.05) is 18.2 Å². The van der Waals surface area contributed by atoms with E-state index >= 15 is 0 Å². The molecule has 1 atom stereocenters. The van der Waals surface area contributed by atoms with Crippen molar-refractivity contribution in [3.05, 3.63) is 57.6 Å². The Morgan fingerprint density at radius 2 is 1.93 bits per heavy atom. The topological polar surface area (TPSA) is 99.0 Å². The van der Waals surface area contributed by atoms with E-state index in [1.54, 1.807) is 6.92 Å². The summed E-state index contributed by atoms with van der Waals surface area (Å²) in [6, 6.07) is 9.57. The van der Waals surface area contributed by atoms with E-state index in [4.69, 9.17) is 9.47 Å². The van der Waals surface area contributed by atoms with Gasteiger partial charge in [0.1, 0.15) is 0 Å². The van der Waals surface area contributed by atoms with Crippen molar-refractivity contribution in [1.82, 2.24) is 4.31 Å². The molecule has 0 spiro atoms. The predicted octanol–water partition coefficient (Wildman–Crippen LogP) is 2.81. The van der Waals surface area contributed by atoms with Gasteiger partial charge < -0.3 is 9.47 Å². The van der Waals surface area contributed by atoms with E-state index in [0.29, 0.717) is 36.6 Å². The van der Waals surface area contributed by atoms with Crippen LogP contribution >= 0.6 is 0 Å². The van der Waals surface area contributed by atoms with Gasteiger partial charge in [-0.2, -0.15) is 4.31 Å². The Bertz CT molecular complexity index is 1020. The van der Waals surface area contributed by atoms with Crippen molar-refractivity contribution >= 4 is 15.7 Å². The number of sulfonamides is 1. The molecule has 8 nitrogen and oxygen atoms in total. The largest absolute Gasteiger partial charge is 0.454 e. The average molecular weight is 390 g/mol. The highest BCUT2D eigenvalue weighted by molar-refractivity contribution is 7.89. The van der Waals surface area contributed by atoms with Gasteiger partial charge in [-0.3, -0.25) is 10.1 Å². The fourth-order valence-electron chi connectivity index (χ4n) is 3.50. The maximum Gasteiger partial charge on any atom is 0.270 e. The van der Waals surface area contributed by atoms with E-state index in [1.165, 1.54) is 16.4 Å². The molecule has 0 saturated carbocycles. The lowest BCUT2D eigenvalue weighted by Crippen LogP contribution is -2.29. The van der Waals surface area contributed by atoms with Crippen LogP contribution in [0.4, 0.5) is 5.69 Å². The third kappa shape index (κ3) is 3.13. The van der Waals surface area contributed by atoms with Crippen LogP contribution in [0.3, 0.4) is 0 Å². The normalized spacial score (nSPS) is 19.4. The molecule has 0 N–H and O–H groups in total. The smallest absolute Gasteiger partial charge is 0.270 e. The van der Waals surface area contributed by atoms with Crippen molar-refractivity contribution in [2.45, 2.75) is 24.2 Å². The highest BCUT2D eigenvalue weighted by atomic mass is 32.2. The molecule has 1 fully saturated rings. The van der Waals surface area contributed by atoms with Crippen LogP contribution in [0.2, 0.25) is 0 Å². The van der Waals surface area contributed by atoms with Gasteiger partial charge in [-0.05, 0) is 42.5 Å². The van der Waals surface area contributed by atoms with Crippen molar-refractivity contribution in [3.63, 3.8) is 0 Å². The molecule has 142 valence electrons. The lowest BCUT2D eigenvalue weighted by molar-refractivity contribution is -0.385. The van der Waals surface area contributed by atoms with E-state index in [0.717, 1.165) is 11.6 Å². The Morgan fingerprint density at radius 1 is 1.15 bits per heavy atom. The second-order valence-corrected chi connectivity index (χ2v) is 8.57. The second-order valence-electron chi connectivity index (χ2n) is 6.67. The van der Waals surface area contributed by atoms with Crippen molar-refractivity contribution in [2.75, 3.05) is 19.9 Å². The Labute approximate surface area is 156 Å². The molecule has 2 aliphatic rings. The third-order valence-electron chi connectivity index (χ3n) is 5.02. The Kier molecular flexibility index (Phi) is 4.27. The van der Waals surface area contributed by atoms with Crippen LogP contribution in [-0.2, 0) is 10.0 Å². The molecule has 0 radical (unpaired) electrons. The van der Waals surface area contributed by atoms with E-state index < -0.39 is 14.9 Å². The molecule has 0 aliphatic carbocycles. The van der Waals surface area contributed by atoms with Crippen LogP contribution < -0.4 is 9.47 Å². The summed E-state index contributed by atoms with van der Waals surface area (Å²) < 4.78 is 38.2. The van der Waals surface area contributed by atoms with Crippen LogP contribution in [0.1, 0.15) is 23.5 Å². The number of nitrogens with zero attached hydrogens (tertiary/aromatic N) is 2. The van der Waals surface area contributed by atoms with Gasteiger partial charge in [0.2, 0.25) is 16.8 Å². The number of nitro benzene ring substituents is 1. The van der Waals surface area contributed by atoms with Gasteiger partial charge in [-0.15, -0.1) is 0 Å². The van der Waals surface area contributed by atoms with Gasteiger partial charge in [-0.25, -0.2) is 8.42 Å². The first-order valence-corrected chi connectivity index (χ1v) is 9.95. The fraction of sp³-hybridized carbons (Fsp3) is 0.333. The molecular weight excluding hydrogens is 372 g/mol. The molecule has 2 aliphatic heterocycles. The predicted molar refractivity (Wildman–Crippen MR) is 96.5 cm³/mol. The summed E-state index contributed by atoms with van der Waals surface area (Å²) in [5.41, 5.74) is 1.26. The molecule has 0 amide bonds. The SMILES string of the molecule is Cc1ccc([N+](=O)[O-])cc1S(=O)(=O)N1CCC(c2ccc3c(c2)OCO3)C1. The minimum atomic E-state index is -3.80. The van der Waals surface area contributed by atoms with Crippen LogP contribution in [0.25, 0.3) is 0 Å². The van der Waals surface area contributed by atoms with Crippen LogP contribution in [0.5, 0.6) is 11.5 Å². The number of hydrogen-bond acceptors (Lipinski definition) is 6. The molecule has 1 saturated heterocycles. The molecule has 2 aromatic rings. The van der Waals surface area contributed by atoms with E-state index in [2.05, 4.69) is 0 Å². The first-order chi connectivity index (χ1) is 12.9. The van der Waals surface area contributed by atoms with Gasteiger partial charge in [0, 0.05) is 25.2 Å². The zero-order valence-electron chi connectivity index (χ0n) is 14.6. The highest BCUT2D eigenvalue weighted by Gasteiger charge is 2.35. The van der Waals surface area contributed by atoms with Crippen LogP contribution in [-0.4, -0.2) is 37.5 Å². The quantitative estimate of drug-likeness (QED) is 0.588. The van der Waals surface area contributed by atoms with Crippen molar-refractivity contribution in [2.24, 2.45) is 0 Å². The summed E-state index contributed by atoms with van der Waals surface area (Å²) in [6.45, 7) is 2.52. The van der Waals surface area contributed by atoms with Crippen LogP contribution in [0, 0.1) is 17.0 Å². The lowest BCUT2D eigenvalue weighted by atomic mass is 9.98. The number of non-ortho nitro benzene ring substituents is 1. The summed E-state index contributed by atoms with van der Waals surface area (Å²) in [6.07, 6.45) is 0.673. The first-order valence-electron chi connectivity index (χ1n) is 8.51. The summed E-state index contributed by atoms with van der Waals surface area (Å²) in [5, 5.41) is 11.0. The van der Waals surface area contributed by atoms with Crippen LogP contribution in [0.15, 0.2) is 41.3 Å². The van der Waals surface area contributed by atoms with E-state index in [9.17, 15) is 18.5 Å². The summed E-state index contributed by atoms with van der Waals surface area (Å²) in [4.78, 5) is 10.4. The minimum absolute atomic E-state index is 0.0111. The zero-order valence-corrected chi connectivity index (χ0v) is 15.4. The number of hydrogen-bond donors (Lipinski definition) is 0. The third-order valence-corrected chi connectivity index (χ3v) is 7.03. The Morgan fingerprint density at radius 3 is 2.70 bits per heavy atom. The highest BCUT2D eigenvalue weighted by Crippen LogP contribution is 2.38. The lowest BCUT2D eigenvalue weighted by Gasteiger charge is -2.18. The Balaban J connectivity index is 1.59. The number of ether oxygens (including phenoxy) is 2. The van der Waals surface area contributed by atoms with Crippen molar-refractivity contribution in [3.8, 4) is 11.5 Å². The summed E-state index contributed by atoms with van der Waals surface area (Å²) in [5.74, 6) is 1.39. The van der Waals surface area contributed by atoms with Gasteiger partial charge in [-0.1, -0.05) is 12.1 Å². The standard InChI is InChI=1S/C18H18N2O6S/c1-12-2-4-15(20(21)22)9-18(12)27(23,24)19-7-6-14(10-19)13-3-5-16-17(8-13)26-11-25-16/h2-5,8-9,14H,6-7,10-11H2,1H3. The number of fused-ring (bicyclic) bond motifs is 1. The number of benzene rings is 2. The first kappa shape index (κ1) is 17.7. The molecule has 0 bridgehead atoms. The number of rotatable bonds is 4. The molecule has 2 heterocycles. The zero-order chi connectivity index (χ0) is 19.2. The van der Waals surface area contributed by atoms with Gasteiger partial charge >= 0.3 is 0 Å². The summed E-state index contributed by atoms with van der Waals surface area (Å²) in [7, 11) is -3.80. The molecule has 27 heavy (non-hydrogen) atoms. The van der Waals surface area contributed by atoms with E-state index in [-0.39, 0.29) is 23.3 Å². The molecule has 1 unspecified atom stereocenters. The molecule has 4 rings (SSSR count). The molecular formula is C18H18N2O6S. The maximum atomic E-state index is 13.1. The number of nitro groups is 1. The molecule has 0 aromatic heterocycles. The van der Waals surface area contributed by atoms with Crippen molar-refractivity contribution < 1.29 is 22.8 Å². The number of aryl methyl sites for hydroxylation is 1. The summed E-state index contributed by atoms with van der Waals surface area (Å²) >= 11 is 0. The van der Waals surface area contributed by atoms with Gasteiger partial charge in [0.25, 0.3) is 5.69 Å². The monoisotopic (exact) mass is 390 g/mol.